The van der Waals surface area contributed by atoms with Gasteiger partial charge < -0.3 is 19.9 Å². The van der Waals surface area contributed by atoms with Crippen LogP contribution in [0.4, 0.5) is 0 Å². The molecule has 114 valence electrons. The standard InChI is InChI=1S/C15H25NO4/c1-4-5-11(18-3)15-14(16)13(19-9(2)17)8-12(20-15)10-6-7-10/h5,10,12-15H,4,6-8,16H2,1-3H3/b11-5-/t12-,13?,14-,15?/m0/s1. The molecule has 4 atom stereocenters. The van der Waals surface area contributed by atoms with Crippen molar-refractivity contribution in [1.82, 2.24) is 0 Å². The lowest BCUT2D eigenvalue weighted by atomic mass is 9.92. The molecule has 2 fully saturated rings. The van der Waals surface area contributed by atoms with E-state index in [0.29, 0.717) is 12.3 Å². The molecule has 0 amide bonds. The summed E-state index contributed by atoms with van der Waals surface area (Å²) in [7, 11) is 1.62. The number of hydrogen-bond acceptors (Lipinski definition) is 5. The summed E-state index contributed by atoms with van der Waals surface area (Å²) in [6.45, 7) is 3.46. The van der Waals surface area contributed by atoms with Crippen molar-refractivity contribution in [2.45, 2.75) is 63.9 Å². The van der Waals surface area contributed by atoms with Gasteiger partial charge in [0.05, 0.1) is 19.3 Å². The SMILES string of the molecule is CC/C=C(\OC)C1O[C@H](C2CC2)CC(OC(C)=O)[C@@H]1N. The first kappa shape index (κ1) is 15.3. The zero-order valence-electron chi connectivity index (χ0n) is 12.5. The molecular weight excluding hydrogens is 258 g/mol. The molecule has 1 aliphatic carbocycles. The van der Waals surface area contributed by atoms with Crippen molar-refractivity contribution in [2.24, 2.45) is 11.7 Å². The van der Waals surface area contributed by atoms with Gasteiger partial charge in [0, 0.05) is 13.3 Å². The molecule has 0 radical (unpaired) electrons. The molecule has 1 aliphatic heterocycles. The van der Waals surface area contributed by atoms with E-state index in [-0.39, 0.29) is 30.3 Å². The highest BCUT2D eigenvalue weighted by Crippen LogP contribution is 2.41. The maximum Gasteiger partial charge on any atom is 0.302 e. The van der Waals surface area contributed by atoms with Gasteiger partial charge in [0.1, 0.15) is 18.0 Å². The molecule has 2 aliphatic rings. The van der Waals surface area contributed by atoms with Gasteiger partial charge in [0.25, 0.3) is 0 Å². The van der Waals surface area contributed by atoms with E-state index in [1.807, 2.05) is 13.0 Å². The van der Waals surface area contributed by atoms with Crippen LogP contribution in [0, 0.1) is 5.92 Å². The van der Waals surface area contributed by atoms with Gasteiger partial charge in [-0.05, 0) is 31.3 Å². The highest BCUT2D eigenvalue weighted by Gasteiger charge is 2.45. The second kappa shape index (κ2) is 6.59. The summed E-state index contributed by atoms with van der Waals surface area (Å²) in [5.74, 6) is 1.02. The van der Waals surface area contributed by atoms with Crippen molar-refractivity contribution in [3.8, 4) is 0 Å². The molecule has 2 rings (SSSR count). The summed E-state index contributed by atoms with van der Waals surface area (Å²) in [6.07, 6.45) is 5.35. The Labute approximate surface area is 120 Å². The quantitative estimate of drug-likeness (QED) is 0.615. The topological polar surface area (TPSA) is 70.8 Å². The largest absolute Gasteiger partial charge is 0.499 e. The summed E-state index contributed by atoms with van der Waals surface area (Å²) in [4.78, 5) is 11.3. The summed E-state index contributed by atoms with van der Waals surface area (Å²) < 4.78 is 16.9. The zero-order valence-corrected chi connectivity index (χ0v) is 12.5. The average molecular weight is 283 g/mol. The number of allylic oxidation sites excluding steroid dienone is 1. The average Bonchev–Trinajstić information content (AvgIpc) is 3.22. The fourth-order valence-corrected chi connectivity index (χ4v) is 2.80. The van der Waals surface area contributed by atoms with E-state index in [2.05, 4.69) is 0 Å². The Morgan fingerprint density at radius 3 is 2.65 bits per heavy atom. The lowest BCUT2D eigenvalue weighted by Crippen LogP contribution is -2.55. The van der Waals surface area contributed by atoms with Gasteiger partial charge in [-0.2, -0.15) is 0 Å². The van der Waals surface area contributed by atoms with E-state index in [9.17, 15) is 4.79 Å². The third-order valence-electron chi connectivity index (χ3n) is 3.95. The first-order chi connectivity index (χ1) is 9.56. The first-order valence-corrected chi connectivity index (χ1v) is 7.39. The van der Waals surface area contributed by atoms with Gasteiger partial charge in [0.15, 0.2) is 0 Å². The van der Waals surface area contributed by atoms with Crippen LogP contribution in [0.2, 0.25) is 0 Å². The Bertz CT molecular complexity index is 378. The summed E-state index contributed by atoms with van der Waals surface area (Å²) in [5, 5.41) is 0. The molecule has 2 unspecified atom stereocenters. The van der Waals surface area contributed by atoms with Crippen molar-refractivity contribution in [1.29, 1.82) is 0 Å². The van der Waals surface area contributed by atoms with Gasteiger partial charge >= 0.3 is 5.97 Å². The number of carbonyl (C=O) groups is 1. The van der Waals surface area contributed by atoms with Crippen LogP contribution in [0.1, 0.15) is 39.5 Å². The van der Waals surface area contributed by atoms with Crippen molar-refractivity contribution in [2.75, 3.05) is 7.11 Å². The molecule has 1 saturated heterocycles. The van der Waals surface area contributed by atoms with Crippen LogP contribution in [0.25, 0.3) is 0 Å². The van der Waals surface area contributed by atoms with Crippen molar-refractivity contribution in [3.63, 3.8) is 0 Å². The van der Waals surface area contributed by atoms with E-state index in [0.717, 1.165) is 12.2 Å². The summed E-state index contributed by atoms with van der Waals surface area (Å²) in [6, 6.07) is -0.383. The van der Waals surface area contributed by atoms with E-state index in [4.69, 9.17) is 19.9 Å². The number of esters is 1. The Kier molecular flexibility index (Phi) is 5.05. The zero-order chi connectivity index (χ0) is 14.7. The third-order valence-corrected chi connectivity index (χ3v) is 3.95. The fraction of sp³-hybridized carbons (Fsp3) is 0.800. The second-order valence-corrected chi connectivity index (χ2v) is 5.61. The summed E-state index contributed by atoms with van der Waals surface area (Å²) in [5.41, 5.74) is 6.24. The number of ether oxygens (including phenoxy) is 3. The smallest absolute Gasteiger partial charge is 0.302 e. The van der Waals surface area contributed by atoms with Gasteiger partial charge in [0.2, 0.25) is 0 Å². The molecule has 0 spiro atoms. The van der Waals surface area contributed by atoms with Crippen LogP contribution < -0.4 is 5.73 Å². The predicted molar refractivity (Wildman–Crippen MR) is 74.9 cm³/mol. The lowest BCUT2D eigenvalue weighted by molar-refractivity contribution is -0.164. The van der Waals surface area contributed by atoms with Crippen molar-refractivity contribution < 1.29 is 19.0 Å². The Hall–Kier alpha value is -1.07. The monoisotopic (exact) mass is 283 g/mol. The Balaban J connectivity index is 2.15. The van der Waals surface area contributed by atoms with Crippen LogP contribution in [0.15, 0.2) is 11.8 Å². The van der Waals surface area contributed by atoms with E-state index in [1.165, 1.54) is 19.8 Å². The van der Waals surface area contributed by atoms with Crippen LogP contribution in [-0.2, 0) is 19.0 Å². The third kappa shape index (κ3) is 3.52. The highest BCUT2D eigenvalue weighted by atomic mass is 16.6. The van der Waals surface area contributed by atoms with Crippen LogP contribution in [-0.4, -0.2) is 37.4 Å². The molecule has 2 N–H and O–H groups in total. The van der Waals surface area contributed by atoms with E-state index < -0.39 is 0 Å². The molecule has 20 heavy (non-hydrogen) atoms. The second-order valence-electron chi connectivity index (χ2n) is 5.61. The molecule has 0 aromatic rings. The number of hydrogen-bond donors (Lipinski definition) is 1. The minimum atomic E-state index is -0.383. The highest BCUT2D eigenvalue weighted by molar-refractivity contribution is 5.66. The predicted octanol–water partition coefficient (Wildman–Crippen LogP) is 1.75. The Morgan fingerprint density at radius 1 is 1.45 bits per heavy atom. The first-order valence-electron chi connectivity index (χ1n) is 7.39. The van der Waals surface area contributed by atoms with Gasteiger partial charge in [-0.15, -0.1) is 0 Å². The normalized spacial score (nSPS) is 34.7. The van der Waals surface area contributed by atoms with Gasteiger partial charge in [-0.25, -0.2) is 0 Å². The molecule has 1 saturated carbocycles. The van der Waals surface area contributed by atoms with Gasteiger partial charge in [-0.3, -0.25) is 4.79 Å². The molecule has 0 aromatic heterocycles. The molecule has 5 nitrogen and oxygen atoms in total. The molecule has 1 heterocycles. The van der Waals surface area contributed by atoms with Crippen molar-refractivity contribution >= 4 is 5.97 Å². The summed E-state index contributed by atoms with van der Waals surface area (Å²) >= 11 is 0. The maximum absolute atomic E-state index is 11.3. The maximum atomic E-state index is 11.3. The van der Waals surface area contributed by atoms with Crippen LogP contribution >= 0.6 is 0 Å². The van der Waals surface area contributed by atoms with E-state index >= 15 is 0 Å². The van der Waals surface area contributed by atoms with Crippen LogP contribution in [0.5, 0.6) is 0 Å². The lowest BCUT2D eigenvalue weighted by Gasteiger charge is -2.40. The Morgan fingerprint density at radius 2 is 2.15 bits per heavy atom. The number of nitrogens with two attached hydrogens (primary N) is 1. The minimum absolute atomic E-state index is 0.111. The number of carbonyl (C=O) groups excluding carboxylic acids is 1. The molecule has 0 aromatic carbocycles. The number of rotatable bonds is 5. The minimum Gasteiger partial charge on any atom is -0.499 e. The van der Waals surface area contributed by atoms with Gasteiger partial charge in [-0.1, -0.05) is 6.92 Å². The molecule has 5 heteroatoms. The van der Waals surface area contributed by atoms with E-state index in [1.54, 1.807) is 7.11 Å². The molecule has 0 bridgehead atoms. The molecular formula is C15H25NO4. The number of methoxy groups -OCH3 is 1. The fourth-order valence-electron chi connectivity index (χ4n) is 2.80. The van der Waals surface area contributed by atoms with Crippen molar-refractivity contribution in [3.05, 3.63) is 11.8 Å². The van der Waals surface area contributed by atoms with Crippen LogP contribution in [0.3, 0.4) is 0 Å².